The van der Waals surface area contributed by atoms with Crippen LogP contribution in [0.3, 0.4) is 0 Å². The maximum Gasteiger partial charge on any atom is 0.128 e. The number of hydrazone groups is 1. The van der Waals surface area contributed by atoms with E-state index in [9.17, 15) is 5.11 Å². The Morgan fingerprint density at radius 2 is 1.88 bits per heavy atom. The zero-order chi connectivity index (χ0) is 11.4. The van der Waals surface area contributed by atoms with Crippen molar-refractivity contribution in [3.8, 4) is 11.5 Å². The van der Waals surface area contributed by atoms with Crippen molar-refractivity contribution >= 4 is 6.21 Å². The van der Waals surface area contributed by atoms with Crippen LogP contribution >= 0.6 is 0 Å². The molecule has 4 nitrogen and oxygen atoms in total. The molecule has 1 aromatic carbocycles. The van der Waals surface area contributed by atoms with Crippen molar-refractivity contribution in [2.75, 3.05) is 13.1 Å². The molecule has 1 saturated heterocycles. The maximum absolute atomic E-state index is 9.55. The van der Waals surface area contributed by atoms with Gasteiger partial charge in [-0.3, -0.25) is 5.01 Å². The molecule has 1 heterocycles. The SMILES string of the molecule is Oc1ccc(/C=N/N2CCCCC2)c(O)c1. The smallest absolute Gasteiger partial charge is 0.128 e. The number of phenolic OH excluding ortho intramolecular Hbond substituents is 2. The number of phenols is 2. The van der Waals surface area contributed by atoms with Crippen LogP contribution < -0.4 is 0 Å². The highest BCUT2D eigenvalue weighted by atomic mass is 16.3. The second kappa shape index (κ2) is 4.88. The highest BCUT2D eigenvalue weighted by Gasteiger charge is 2.06. The van der Waals surface area contributed by atoms with Crippen LogP contribution in [0.5, 0.6) is 11.5 Å². The molecular weight excluding hydrogens is 204 g/mol. The first-order valence-electron chi connectivity index (χ1n) is 5.56. The molecule has 0 aromatic heterocycles. The lowest BCUT2D eigenvalue weighted by atomic mass is 10.2. The summed E-state index contributed by atoms with van der Waals surface area (Å²) >= 11 is 0. The molecule has 1 fully saturated rings. The quantitative estimate of drug-likeness (QED) is 0.749. The minimum Gasteiger partial charge on any atom is -0.508 e. The van der Waals surface area contributed by atoms with E-state index in [1.165, 1.54) is 31.4 Å². The van der Waals surface area contributed by atoms with Crippen LogP contribution in [0.4, 0.5) is 0 Å². The summed E-state index contributed by atoms with van der Waals surface area (Å²) in [5, 5.41) is 25.0. The number of piperidine rings is 1. The summed E-state index contributed by atoms with van der Waals surface area (Å²) in [4.78, 5) is 0. The Bertz CT molecular complexity index is 385. The summed E-state index contributed by atoms with van der Waals surface area (Å²) in [6.07, 6.45) is 5.27. The molecule has 0 spiro atoms. The standard InChI is InChI=1S/C12H16N2O2/c15-11-5-4-10(12(16)8-11)9-13-14-6-2-1-3-7-14/h4-5,8-9,15-16H,1-3,6-7H2/b13-9+. The van der Waals surface area contributed by atoms with Gasteiger partial charge in [0, 0.05) is 24.7 Å². The van der Waals surface area contributed by atoms with Gasteiger partial charge < -0.3 is 10.2 Å². The average Bonchev–Trinajstić information content (AvgIpc) is 2.29. The molecule has 4 heteroatoms. The Balaban J connectivity index is 2.04. The van der Waals surface area contributed by atoms with Gasteiger partial charge in [-0.05, 0) is 31.4 Å². The lowest BCUT2D eigenvalue weighted by molar-refractivity contribution is 0.240. The molecule has 2 N–H and O–H groups in total. The van der Waals surface area contributed by atoms with E-state index in [0.717, 1.165) is 13.1 Å². The van der Waals surface area contributed by atoms with Gasteiger partial charge in [-0.2, -0.15) is 5.10 Å². The van der Waals surface area contributed by atoms with Crippen LogP contribution in [0.15, 0.2) is 23.3 Å². The Labute approximate surface area is 94.8 Å². The van der Waals surface area contributed by atoms with Crippen molar-refractivity contribution in [2.45, 2.75) is 19.3 Å². The van der Waals surface area contributed by atoms with Crippen molar-refractivity contribution in [1.82, 2.24) is 5.01 Å². The molecule has 1 aromatic rings. The minimum atomic E-state index is 0.0563. The van der Waals surface area contributed by atoms with Crippen molar-refractivity contribution in [3.05, 3.63) is 23.8 Å². The van der Waals surface area contributed by atoms with E-state index < -0.39 is 0 Å². The van der Waals surface area contributed by atoms with Gasteiger partial charge in [0.1, 0.15) is 11.5 Å². The molecule has 16 heavy (non-hydrogen) atoms. The molecule has 0 radical (unpaired) electrons. The number of aromatic hydroxyl groups is 2. The first-order chi connectivity index (χ1) is 7.75. The van der Waals surface area contributed by atoms with E-state index in [0.29, 0.717) is 5.56 Å². The first-order valence-corrected chi connectivity index (χ1v) is 5.56. The zero-order valence-corrected chi connectivity index (χ0v) is 9.13. The zero-order valence-electron chi connectivity index (χ0n) is 9.13. The van der Waals surface area contributed by atoms with Crippen LogP contribution in [-0.4, -0.2) is 34.5 Å². The molecule has 86 valence electrons. The van der Waals surface area contributed by atoms with Crippen LogP contribution in [0.2, 0.25) is 0 Å². The van der Waals surface area contributed by atoms with Gasteiger partial charge in [-0.25, -0.2) is 0 Å². The Hall–Kier alpha value is -1.71. The van der Waals surface area contributed by atoms with Crippen LogP contribution in [0.1, 0.15) is 24.8 Å². The fraction of sp³-hybridized carbons (Fsp3) is 0.417. The van der Waals surface area contributed by atoms with Gasteiger partial charge in [-0.15, -0.1) is 0 Å². The molecule has 1 aliphatic rings. The highest BCUT2D eigenvalue weighted by molar-refractivity contribution is 5.83. The second-order valence-corrected chi connectivity index (χ2v) is 4.00. The molecule has 1 aliphatic heterocycles. The molecule has 0 unspecified atom stereocenters. The van der Waals surface area contributed by atoms with E-state index in [2.05, 4.69) is 5.10 Å². The third-order valence-corrected chi connectivity index (χ3v) is 2.71. The summed E-state index contributed by atoms with van der Waals surface area (Å²) in [6, 6.07) is 4.51. The van der Waals surface area contributed by atoms with E-state index in [4.69, 9.17) is 5.11 Å². The van der Waals surface area contributed by atoms with E-state index in [1.807, 2.05) is 5.01 Å². The Morgan fingerprint density at radius 1 is 1.12 bits per heavy atom. The molecule has 0 atom stereocenters. The van der Waals surface area contributed by atoms with E-state index >= 15 is 0 Å². The molecule has 0 saturated carbocycles. The summed E-state index contributed by atoms with van der Waals surface area (Å²) in [5.41, 5.74) is 0.628. The van der Waals surface area contributed by atoms with Gasteiger partial charge in [0.2, 0.25) is 0 Å². The fourth-order valence-electron chi connectivity index (χ4n) is 1.78. The van der Waals surface area contributed by atoms with Gasteiger partial charge in [-0.1, -0.05) is 0 Å². The van der Waals surface area contributed by atoms with E-state index in [-0.39, 0.29) is 11.5 Å². The molecule has 0 bridgehead atoms. The van der Waals surface area contributed by atoms with Gasteiger partial charge in [0.15, 0.2) is 0 Å². The van der Waals surface area contributed by atoms with Crippen LogP contribution in [0.25, 0.3) is 0 Å². The molecule has 2 rings (SSSR count). The maximum atomic E-state index is 9.55. The third kappa shape index (κ3) is 2.66. The lowest BCUT2D eigenvalue weighted by Gasteiger charge is -2.23. The Morgan fingerprint density at radius 3 is 2.56 bits per heavy atom. The van der Waals surface area contributed by atoms with Crippen LogP contribution in [-0.2, 0) is 0 Å². The van der Waals surface area contributed by atoms with Crippen molar-refractivity contribution in [1.29, 1.82) is 0 Å². The first kappa shape index (κ1) is 10.8. The summed E-state index contributed by atoms with van der Waals surface area (Å²) < 4.78 is 0. The van der Waals surface area contributed by atoms with Gasteiger partial charge in [0.05, 0.1) is 6.21 Å². The topological polar surface area (TPSA) is 56.1 Å². The lowest BCUT2D eigenvalue weighted by Crippen LogP contribution is -2.24. The number of hydrogen-bond acceptors (Lipinski definition) is 4. The summed E-state index contributed by atoms with van der Waals surface area (Å²) in [6.45, 7) is 1.96. The Kier molecular flexibility index (Phi) is 3.29. The molecule has 0 amide bonds. The van der Waals surface area contributed by atoms with Gasteiger partial charge in [0.25, 0.3) is 0 Å². The third-order valence-electron chi connectivity index (χ3n) is 2.71. The van der Waals surface area contributed by atoms with Crippen molar-refractivity contribution < 1.29 is 10.2 Å². The van der Waals surface area contributed by atoms with Crippen molar-refractivity contribution in [2.24, 2.45) is 5.10 Å². The fourth-order valence-corrected chi connectivity index (χ4v) is 1.78. The number of benzene rings is 1. The van der Waals surface area contributed by atoms with Crippen molar-refractivity contribution in [3.63, 3.8) is 0 Å². The predicted octanol–water partition coefficient (Wildman–Crippen LogP) is 1.92. The number of nitrogens with zero attached hydrogens (tertiary/aromatic N) is 2. The number of rotatable bonds is 2. The molecule has 0 aliphatic carbocycles. The van der Waals surface area contributed by atoms with Crippen LogP contribution in [0, 0.1) is 0 Å². The molecular formula is C12H16N2O2. The summed E-state index contributed by atoms with van der Waals surface area (Å²) in [7, 11) is 0. The van der Waals surface area contributed by atoms with Gasteiger partial charge >= 0.3 is 0 Å². The van der Waals surface area contributed by atoms with E-state index in [1.54, 1.807) is 12.3 Å². The largest absolute Gasteiger partial charge is 0.508 e. The second-order valence-electron chi connectivity index (χ2n) is 4.00. The summed E-state index contributed by atoms with van der Waals surface area (Å²) in [5.74, 6) is 0.119. The minimum absolute atomic E-state index is 0.0563. The highest BCUT2D eigenvalue weighted by Crippen LogP contribution is 2.21. The predicted molar refractivity (Wildman–Crippen MR) is 62.8 cm³/mol. The average molecular weight is 220 g/mol. The normalized spacial score (nSPS) is 16.9. The number of hydrogen-bond donors (Lipinski definition) is 2. The monoisotopic (exact) mass is 220 g/mol.